The third-order valence-corrected chi connectivity index (χ3v) is 3.86. The van der Waals surface area contributed by atoms with E-state index in [2.05, 4.69) is 17.1 Å². The summed E-state index contributed by atoms with van der Waals surface area (Å²) in [5.41, 5.74) is -0.0684. The fraction of sp³-hybridized carbons (Fsp3) is 0.500. The second kappa shape index (κ2) is 5.99. The van der Waals surface area contributed by atoms with Gasteiger partial charge in [0.25, 0.3) is 0 Å². The van der Waals surface area contributed by atoms with Crippen molar-refractivity contribution in [2.75, 3.05) is 11.9 Å². The van der Waals surface area contributed by atoms with Crippen LogP contribution >= 0.6 is 12.2 Å². The first-order valence-electron chi connectivity index (χ1n) is 6.63. The summed E-state index contributed by atoms with van der Waals surface area (Å²) >= 11 is 5.33. The normalized spacial score (nSPS) is 19.8. The van der Waals surface area contributed by atoms with Crippen LogP contribution in [0.3, 0.4) is 0 Å². The summed E-state index contributed by atoms with van der Waals surface area (Å²) in [5, 5.41) is 3.59. The van der Waals surface area contributed by atoms with E-state index < -0.39 is 11.7 Å². The summed E-state index contributed by atoms with van der Waals surface area (Å²) < 4.78 is 37.4. The summed E-state index contributed by atoms with van der Waals surface area (Å²) in [5.74, 6) is 0. The van der Waals surface area contributed by atoms with Crippen molar-refractivity contribution in [3.8, 4) is 0 Å². The van der Waals surface area contributed by atoms with Crippen LogP contribution in [0.25, 0.3) is 0 Å². The van der Waals surface area contributed by atoms with Gasteiger partial charge in [0, 0.05) is 18.3 Å². The van der Waals surface area contributed by atoms with Crippen LogP contribution in [0, 0.1) is 0 Å². The molecule has 1 aliphatic rings. The highest BCUT2D eigenvalue weighted by molar-refractivity contribution is 7.80. The summed E-state index contributed by atoms with van der Waals surface area (Å²) in [6.45, 7) is 3.01. The number of hydrogen-bond donors (Lipinski definition) is 1. The third-order valence-electron chi connectivity index (χ3n) is 3.53. The number of alkyl halides is 3. The first-order chi connectivity index (χ1) is 9.38. The van der Waals surface area contributed by atoms with Crippen molar-refractivity contribution in [3.63, 3.8) is 0 Å². The molecule has 0 aromatic heterocycles. The largest absolute Gasteiger partial charge is 0.416 e. The fourth-order valence-electron chi connectivity index (χ4n) is 2.34. The Bertz CT molecular complexity index is 470. The average molecular weight is 302 g/mol. The Morgan fingerprint density at radius 2 is 1.90 bits per heavy atom. The lowest BCUT2D eigenvalue weighted by Gasteiger charge is -2.35. The van der Waals surface area contributed by atoms with Crippen LogP contribution in [0.2, 0.25) is 0 Å². The van der Waals surface area contributed by atoms with E-state index in [-0.39, 0.29) is 0 Å². The monoisotopic (exact) mass is 302 g/mol. The van der Waals surface area contributed by atoms with Gasteiger partial charge in [-0.15, -0.1) is 0 Å². The molecule has 2 rings (SSSR count). The van der Waals surface area contributed by atoms with Crippen molar-refractivity contribution >= 4 is 23.0 Å². The number of rotatable bonds is 1. The molecule has 0 spiro atoms. The molecule has 0 amide bonds. The number of hydrogen-bond acceptors (Lipinski definition) is 1. The van der Waals surface area contributed by atoms with Crippen LogP contribution in [0.4, 0.5) is 18.9 Å². The number of nitrogens with one attached hydrogen (secondary N) is 1. The van der Waals surface area contributed by atoms with Gasteiger partial charge in [0.1, 0.15) is 0 Å². The Hall–Kier alpha value is -1.30. The maximum Gasteiger partial charge on any atom is 0.416 e. The highest BCUT2D eigenvalue weighted by Gasteiger charge is 2.30. The van der Waals surface area contributed by atoms with Crippen LogP contribution in [0.15, 0.2) is 24.3 Å². The zero-order chi connectivity index (χ0) is 14.8. The highest BCUT2D eigenvalue weighted by Crippen LogP contribution is 2.30. The zero-order valence-corrected chi connectivity index (χ0v) is 12.0. The van der Waals surface area contributed by atoms with Gasteiger partial charge in [0.2, 0.25) is 0 Å². The number of piperidine rings is 1. The molecule has 0 saturated carbocycles. The summed E-state index contributed by atoms with van der Waals surface area (Å²) in [4.78, 5) is 2.09. The number of nitrogens with zero attached hydrogens (tertiary/aromatic N) is 1. The molecule has 1 heterocycles. The quantitative estimate of drug-likeness (QED) is 0.780. The molecular formula is C14H17F3N2S. The van der Waals surface area contributed by atoms with E-state index in [1.165, 1.54) is 18.6 Å². The Morgan fingerprint density at radius 1 is 1.25 bits per heavy atom. The fourth-order valence-corrected chi connectivity index (χ4v) is 2.73. The third kappa shape index (κ3) is 3.62. The second-order valence-electron chi connectivity index (χ2n) is 5.04. The van der Waals surface area contributed by atoms with Gasteiger partial charge in [-0.25, -0.2) is 0 Å². The molecule has 6 heteroatoms. The van der Waals surface area contributed by atoms with E-state index in [9.17, 15) is 13.2 Å². The van der Waals surface area contributed by atoms with Gasteiger partial charge in [-0.2, -0.15) is 13.2 Å². The molecule has 1 fully saturated rings. The minimum Gasteiger partial charge on any atom is -0.346 e. The molecule has 110 valence electrons. The Labute approximate surface area is 122 Å². The molecule has 1 aliphatic heterocycles. The molecule has 1 aromatic carbocycles. The minimum atomic E-state index is -4.31. The van der Waals surface area contributed by atoms with Crippen molar-refractivity contribution in [1.29, 1.82) is 0 Å². The molecule has 20 heavy (non-hydrogen) atoms. The molecule has 0 radical (unpaired) electrons. The first kappa shape index (κ1) is 15.1. The smallest absolute Gasteiger partial charge is 0.346 e. The van der Waals surface area contributed by atoms with Crippen molar-refractivity contribution in [2.45, 2.75) is 38.4 Å². The van der Waals surface area contributed by atoms with Gasteiger partial charge in [0.15, 0.2) is 5.11 Å². The van der Waals surface area contributed by atoms with Crippen molar-refractivity contribution < 1.29 is 13.2 Å². The molecule has 1 unspecified atom stereocenters. The first-order valence-corrected chi connectivity index (χ1v) is 7.03. The molecule has 2 nitrogen and oxygen atoms in total. The maximum absolute atomic E-state index is 12.5. The lowest BCUT2D eigenvalue weighted by molar-refractivity contribution is -0.137. The van der Waals surface area contributed by atoms with Gasteiger partial charge < -0.3 is 10.2 Å². The van der Waals surface area contributed by atoms with Crippen LogP contribution < -0.4 is 5.32 Å². The molecule has 0 bridgehead atoms. The zero-order valence-electron chi connectivity index (χ0n) is 11.2. The Morgan fingerprint density at radius 3 is 2.45 bits per heavy atom. The Balaban J connectivity index is 2.01. The average Bonchev–Trinajstić information content (AvgIpc) is 2.38. The van der Waals surface area contributed by atoms with E-state index >= 15 is 0 Å². The SMILES string of the molecule is CC1CCCCN1C(=S)Nc1ccc(C(F)(F)F)cc1. The van der Waals surface area contributed by atoms with Crippen molar-refractivity contribution in [1.82, 2.24) is 4.90 Å². The van der Waals surface area contributed by atoms with E-state index in [1.54, 1.807) is 0 Å². The van der Waals surface area contributed by atoms with Crippen LogP contribution in [-0.2, 0) is 6.18 Å². The van der Waals surface area contributed by atoms with Crippen molar-refractivity contribution in [2.24, 2.45) is 0 Å². The second-order valence-corrected chi connectivity index (χ2v) is 5.43. The summed E-state index contributed by atoms with van der Waals surface area (Å²) in [6.07, 6.45) is -0.922. The number of benzene rings is 1. The topological polar surface area (TPSA) is 15.3 Å². The van der Waals surface area contributed by atoms with E-state index in [1.807, 2.05) is 0 Å². The highest BCUT2D eigenvalue weighted by atomic mass is 32.1. The molecule has 1 N–H and O–H groups in total. The van der Waals surface area contributed by atoms with Crippen LogP contribution in [-0.4, -0.2) is 22.6 Å². The van der Waals surface area contributed by atoms with Gasteiger partial charge in [0.05, 0.1) is 5.56 Å². The van der Waals surface area contributed by atoms with E-state index in [0.717, 1.165) is 31.5 Å². The maximum atomic E-state index is 12.5. The lowest BCUT2D eigenvalue weighted by atomic mass is 10.0. The van der Waals surface area contributed by atoms with Crippen LogP contribution in [0.5, 0.6) is 0 Å². The van der Waals surface area contributed by atoms with Gasteiger partial charge in [-0.05, 0) is 62.7 Å². The van der Waals surface area contributed by atoms with E-state index in [4.69, 9.17) is 12.2 Å². The predicted octanol–water partition coefficient (Wildman–Crippen LogP) is 4.28. The number of anilines is 1. The Kier molecular flexibility index (Phi) is 4.52. The van der Waals surface area contributed by atoms with Crippen LogP contribution in [0.1, 0.15) is 31.7 Å². The van der Waals surface area contributed by atoms with Crippen molar-refractivity contribution in [3.05, 3.63) is 29.8 Å². The molecule has 0 aliphatic carbocycles. The number of halogens is 3. The van der Waals surface area contributed by atoms with Gasteiger partial charge in [-0.1, -0.05) is 0 Å². The molecular weight excluding hydrogens is 285 g/mol. The number of thiocarbonyl (C=S) groups is 1. The standard InChI is InChI=1S/C14H17F3N2S/c1-10-4-2-3-9-19(10)13(20)18-12-7-5-11(6-8-12)14(15,16)17/h5-8,10H,2-4,9H2,1H3,(H,18,20). The van der Waals surface area contributed by atoms with Gasteiger partial charge >= 0.3 is 6.18 Å². The number of likely N-dealkylation sites (tertiary alicyclic amines) is 1. The molecule has 1 atom stereocenters. The minimum absolute atomic E-state index is 0.373. The van der Waals surface area contributed by atoms with Gasteiger partial charge in [-0.3, -0.25) is 0 Å². The van der Waals surface area contributed by atoms with E-state index in [0.29, 0.717) is 16.8 Å². The summed E-state index contributed by atoms with van der Waals surface area (Å²) in [6, 6.07) is 5.31. The predicted molar refractivity (Wildman–Crippen MR) is 77.7 cm³/mol. The molecule has 1 saturated heterocycles. The summed E-state index contributed by atoms with van der Waals surface area (Å²) in [7, 11) is 0. The lowest BCUT2D eigenvalue weighted by Crippen LogP contribution is -2.44. The molecule has 1 aromatic rings.